The normalized spacial score (nSPS) is 23.7. The molecule has 3 fully saturated rings. The Morgan fingerprint density at radius 2 is 1.98 bits per heavy atom. The molecule has 0 radical (unpaired) electrons. The summed E-state index contributed by atoms with van der Waals surface area (Å²) in [5.41, 5.74) is -0.399. The van der Waals surface area contributed by atoms with E-state index in [0.29, 0.717) is 44.7 Å². The summed E-state index contributed by atoms with van der Waals surface area (Å²) in [5, 5.41) is 10.6. The number of carbonyl (C=O) groups is 2. The number of benzene rings is 1. The van der Waals surface area contributed by atoms with E-state index in [4.69, 9.17) is 26.1 Å². The van der Waals surface area contributed by atoms with E-state index >= 15 is 4.39 Å². The van der Waals surface area contributed by atoms with Crippen LogP contribution in [0, 0.1) is 5.82 Å². The number of piperazine rings is 1. The lowest BCUT2D eigenvalue weighted by Gasteiger charge is -2.40. The lowest BCUT2D eigenvalue weighted by atomic mass is 9.98. The Balaban J connectivity index is 1.49. The number of fused-ring (bicyclic) bond motifs is 2. The predicted octanol–water partition coefficient (Wildman–Crippen LogP) is 3.17. The van der Waals surface area contributed by atoms with Gasteiger partial charge in [0.25, 0.3) is 5.91 Å². The predicted molar refractivity (Wildman–Crippen MR) is 156 cm³/mol. The van der Waals surface area contributed by atoms with Gasteiger partial charge in [-0.25, -0.2) is 9.37 Å². The quantitative estimate of drug-likeness (QED) is 0.524. The Morgan fingerprint density at radius 1 is 1.21 bits per heavy atom. The Hall–Kier alpha value is -3.41. The number of hydrogen-bond donors (Lipinski definition) is 1. The highest BCUT2D eigenvalue weighted by atomic mass is 35.5. The maximum Gasteiger partial charge on any atom is 0.261 e. The van der Waals surface area contributed by atoms with E-state index < -0.39 is 17.4 Å². The molecule has 1 N–H and O–H groups in total. The SMILES string of the molecule is C=CC(=O)N1CCN2C(=O)c3c(N4C[C@@H](N(C)C5COC5)CC4(C)C)nc(-c4c(O)cccc4F)c(Cl)c3OC[C@H]2C1. The zero-order valence-electron chi connectivity index (χ0n) is 24.0. The molecule has 4 aliphatic rings. The molecule has 0 saturated carbocycles. The number of halogens is 2. The van der Waals surface area contributed by atoms with Crippen LogP contribution in [0.3, 0.4) is 0 Å². The average Bonchev–Trinajstić information content (AvgIpc) is 3.17. The maximum atomic E-state index is 15.2. The fourth-order valence-electron chi connectivity index (χ4n) is 6.50. The Bertz CT molecular complexity index is 1430. The summed E-state index contributed by atoms with van der Waals surface area (Å²) in [6.45, 7) is 10.7. The monoisotopic (exact) mass is 599 g/mol. The summed E-state index contributed by atoms with van der Waals surface area (Å²) in [6.07, 6.45) is 2.05. The van der Waals surface area contributed by atoms with Crippen LogP contribution < -0.4 is 9.64 Å². The van der Waals surface area contributed by atoms with Gasteiger partial charge in [-0.1, -0.05) is 24.2 Å². The van der Waals surface area contributed by atoms with Crippen molar-refractivity contribution in [2.75, 3.05) is 57.9 Å². The largest absolute Gasteiger partial charge is 0.507 e. The first-order chi connectivity index (χ1) is 20.0. The molecule has 4 aliphatic heterocycles. The first kappa shape index (κ1) is 28.7. The Labute approximate surface area is 249 Å². The maximum absolute atomic E-state index is 15.2. The smallest absolute Gasteiger partial charge is 0.261 e. The molecule has 10 nitrogen and oxygen atoms in total. The van der Waals surface area contributed by atoms with Crippen LogP contribution in [0.2, 0.25) is 5.02 Å². The molecule has 3 saturated heterocycles. The van der Waals surface area contributed by atoms with Gasteiger partial charge < -0.3 is 29.3 Å². The second kappa shape index (κ2) is 10.7. The van der Waals surface area contributed by atoms with Gasteiger partial charge in [0.1, 0.15) is 40.3 Å². The van der Waals surface area contributed by atoms with E-state index in [1.165, 1.54) is 24.3 Å². The van der Waals surface area contributed by atoms with Gasteiger partial charge in [-0.2, -0.15) is 0 Å². The lowest BCUT2D eigenvalue weighted by Crippen LogP contribution is -2.57. The first-order valence-electron chi connectivity index (χ1n) is 14.2. The van der Waals surface area contributed by atoms with Gasteiger partial charge in [-0.3, -0.25) is 14.5 Å². The lowest BCUT2D eigenvalue weighted by molar-refractivity contribution is -0.128. The molecule has 0 bridgehead atoms. The molecule has 6 rings (SSSR count). The molecule has 42 heavy (non-hydrogen) atoms. The van der Waals surface area contributed by atoms with Crippen LogP contribution in [0.25, 0.3) is 11.3 Å². The minimum absolute atomic E-state index is 0.00264. The van der Waals surface area contributed by atoms with Crippen molar-refractivity contribution in [2.24, 2.45) is 0 Å². The van der Waals surface area contributed by atoms with Gasteiger partial charge in [0.2, 0.25) is 5.91 Å². The van der Waals surface area contributed by atoms with Gasteiger partial charge in [0.15, 0.2) is 5.75 Å². The minimum Gasteiger partial charge on any atom is -0.507 e. The van der Waals surface area contributed by atoms with Crippen LogP contribution >= 0.6 is 11.6 Å². The number of phenols is 1. The Kier molecular flexibility index (Phi) is 7.31. The number of likely N-dealkylation sites (N-methyl/N-ethyl adjacent to an activating group) is 1. The number of amides is 2. The number of ether oxygens (including phenoxy) is 2. The molecule has 2 atom stereocenters. The average molecular weight is 600 g/mol. The van der Waals surface area contributed by atoms with Crippen LogP contribution in [0.15, 0.2) is 30.9 Å². The molecule has 1 aromatic heterocycles. The number of pyridine rings is 1. The molecule has 2 amide bonds. The highest BCUT2D eigenvalue weighted by molar-refractivity contribution is 6.35. The van der Waals surface area contributed by atoms with Crippen molar-refractivity contribution in [1.29, 1.82) is 0 Å². The molecule has 1 aromatic carbocycles. The van der Waals surface area contributed by atoms with E-state index in [-0.39, 0.29) is 64.4 Å². The standard InChI is InChI=1S/C30H35ClFN5O5/c1-5-22(39)35-9-10-36-18(12-35)16-42-27-24(29(36)40)28(33-26(25(27)31)23-20(32)7-6-8-21(23)38)37-13-17(11-30(37,2)3)34(4)19-14-41-15-19/h5-8,17-19,38H,1,9-16H2,2-4H3/t17-,18+/m0/s1. The number of aromatic nitrogens is 1. The fraction of sp³-hybridized carbons (Fsp3) is 0.500. The van der Waals surface area contributed by atoms with E-state index in [9.17, 15) is 14.7 Å². The summed E-state index contributed by atoms with van der Waals surface area (Å²) in [5.74, 6) is -1.13. The van der Waals surface area contributed by atoms with Gasteiger partial charge in [-0.15, -0.1) is 0 Å². The third kappa shape index (κ3) is 4.67. The van der Waals surface area contributed by atoms with E-state index in [0.717, 1.165) is 6.42 Å². The number of nitrogens with zero attached hydrogens (tertiary/aromatic N) is 5. The topological polar surface area (TPSA) is 98.7 Å². The number of carbonyl (C=O) groups excluding carboxylic acids is 2. The van der Waals surface area contributed by atoms with Crippen LogP contribution in [0.4, 0.5) is 10.2 Å². The van der Waals surface area contributed by atoms with Gasteiger partial charge in [-0.05, 0) is 45.5 Å². The number of anilines is 1. The summed E-state index contributed by atoms with van der Waals surface area (Å²) >= 11 is 6.88. The molecule has 0 spiro atoms. The second-order valence-electron chi connectivity index (χ2n) is 12.0. The van der Waals surface area contributed by atoms with Crippen molar-refractivity contribution in [1.82, 2.24) is 19.7 Å². The van der Waals surface area contributed by atoms with Gasteiger partial charge in [0, 0.05) is 37.8 Å². The van der Waals surface area contributed by atoms with Crippen molar-refractivity contribution in [2.45, 2.75) is 43.9 Å². The van der Waals surface area contributed by atoms with Crippen molar-refractivity contribution < 1.29 is 28.6 Å². The number of hydrogen-bond acceptors (Lipinski definition) is 8. The number of phenolic OH excluding ortho intramolecular Hbond substituents is 1. The second-order valence-corrected chi connectivity index (χ2v) is 12.4. The molecule has 2 aromatic rings. The summed E-state index contributed by atoms with van der Waals surface area (Å²) in [7, 11) is 2.08. The van der Waals surface area contributed by atoms with Gasteiger partial charge in [0.05, 0.1) is 30.9 Å². The molecular formula is C30H35ClFN5O5. The van der Waals surface area contributed by atoms with Crippen LogP contribution in [0.1, 0.15) is 30.6 Å². The molecule has 12 heteroatoms. The highest BCUT2D eigenvalue weighted by Crippen LogP contribution is 2.48. The molecule has 5 heterocycles. The van der Waals surface area contributed by atoms with Crippen molar-refractivity contribution in [3.05, 3.63) is 47.3 Å². The van der Waals surface area contributed by atoms with Crippen molar-refractivity contribution in [3.63, 3.8) is 0 Å². The molecule has 224 valence electrons. The van der Waals surface area contributed by atoms with E-state index in [1.807, 2.05) is 0 Å². The third-order valence-electron chi connectivity index (χ3n) is 9.06. The van der Waals surface area contributed by atoms with E-state index in [2.05, 4.69) is 37.3 Å². The zero-order valence-corrected chi connectivity index (χ0v) is 24.7. The summed E-state index contributed by atoms with van der Waals surface area (Å²) in [6, 6.07) is 4.02. The van der Waals surface area contributed by atoms with Crippen LogP contribution in [-0.4, -0.2) is 113 Å². The van der Waals surface area contributed by atoms with E-state index in [1.54, 1.807) is 9.80 Å². The van der Waals surface area contributed by atoms with Crippen molar-refractivity contribution in [3.8, 4) is 22.8 Å². The molecular weight excluding hydrogens is 565 g/mol. The van der Waals surface area contributed by atoms with Crippen LogP contribution in [-0.2, 0) is 9.53 Å². The minimum atomic E-state index is -0.700. The van der Waals surface area contributed by atoms with Crippen molar-refractivity contribution >= 4 is 29.2 Å². The highest BCUT2D eigenvalue weighted by Gasteiger charge is 2.47. The Morgan fingerprint density at radius 3 is 2.64 bits per heavy atom. The number of rotatable bonds is 5. The summed E-state index contributed by atoms with van der Waals surface area (Å²) < 4.78 is 26.9. The zero-order chi connectivity index (χ0) is 29.9. The van der Waals surface area contributed by atoms with Crippen LogP contribution in [0.5, 0.6) is 11.5 Å². The molecule has 0 aliphatic carbocycles. The summed E-state index contributed by atoms with van der Waals surface area (Å²) in [4.78, 5) is 39.3. The van der Waals surface area contributed by atoms with Gasteiger partial charge >= 0.3 is 0 Å². The molecule has 0 unspecified atom stereocenters. The fourth-order valence-corrected chi connectivity index (χ4v) is 6.78. The number of aromatic hydroxyl groups is 1. The third-order valence-corrected chi connectivity index (χ3v) is 9.41. The first-order valence-corrected chi connectivity index (χ1v) is 14.5.